The van der Waals surface area contributed by atoms with Gasteiger partial charge in [0.1, 0.15) is 0 Å². The zero-order chi connectivity index (χ0) is 51.1. The minimum Gasteiger partial charge on any atom is -0.357 e. The maximum atomic E-state index is 6.58. The van der Waals surface area contributed by atoms with Crippen LogP contribution in [0.4, 0.5) is 0 Å². The second-order valence-electron chi connectivity index (χ2n) is 18.7. The Morgan fingerprint density at radius 1 is 0.237 bits per heavy atom. The quantitative estimate of drug-likeness (QED) is 0.127. The Bertz CT molecular complexity index is 4180. The molecule has 8 aliphatic carbocycles. The van der Waals surface area contributed by atoms with Gasteiger partial charge < -0.3 is 9.47 Å². The van der Waals surface area contributed by atoms with Crippen LogP contribution in [-0.4, -0.2) is 14.2 Å². The Morgan fingerprint density at radius 2 is 0.461 bits per heavy atom. The Morgan fingerprint density at radius 3 is 0.724 bits per heavy atom. The normalized spacial score (nSPS) is 15.7. The van der Waals surface area contributed by atoms with Crippen LogP contribution in [0.15, 0.2) is 218 Å². The first kappa shape index (κ1) is 45.6. The van der Waals surface area contributed by atoms with Gasteiger partial charge in [-0.2, -0.15) is 0 Å². The standard InChI is InChI=1S/C74H42O2/c1-75-73-49-47-53-35-31-51(32-36-53)39-43-65-57-19-5-9-23-61(57)67(62-24-10-6-20-58(62)65)45-41-55-17-3-4-18-56(55)42-46-68-63-25-11-7-21-59(63)66(60-22-8-12-26-64(60)68)44-40-52-33-37-54(38-34-52)48-50-74(76-2,71-29-15-13-27-69(71)73)72-30-16-14-28-70(72)73/h3-38H,1-2H3. The number of methoxy groups -OCH3 is 2. The predicted molar refractivity (Wildman–Crippen MR) is 308 cm³/mol. The fraction of sp³-hybridized carbons (Fsp3) is 0.0541. The van der Waals surface area contributed by atoms with Gasteiger partial charge in [-0.1, -0.05) is 229 Å². The van der Waals surface area contributed by atoms with Crippen molar-refractivity contribution in [3.63, 3.8) is 0 Å². The highest BCUT2D eigenvalue weighted by atomic mass is 16.5. The average molecular weight is 963 g/mol. The number of fused-ring (bicyclic) bond motifs is 1. The molecule has 8 aliphatic rings. The molecular formula is C74H42O2. The van der Waals surface area contributed by atoms with E-state index in [9.17, 15) is 0 Å². The summed E-state index contributed by atoms with van der Waals surface area (Å²) in [6.45, 7) is 0. The zero-order valence-corrected chi connectivity index (χ0v) is 41.6. The summed E-state index contributed by atoms with van der Waals surface area (Å²) < 4.78 is 13.2. The summed E-state index contributed by atoms with van der Waals surface area (Å²) in [7, 11) is 3.43. The molecule has 0 amide bonds. The molecule has 0 atom stereocenters. The Labute approximate surface area is 443 Å². The van der Waals surface area contributed by atoms with Gasteiger partial charge in [-0.25, -0.2) is 0 Å². The molecule has 350 valence electrons. The highest BCUT2D eigenvalue weighted by Gasteiger charge is 2.50. The number of benzene rings is 11. The smallest absolute Gasteiger partial charge is 0.180 e. The molecule has 0 saturated carbocycles. The fourth-order valence-electron chi connectivity index (χ4n) is 10.9. The van der Waals surface area contributed by atoms with Crippen LogP contribution in [0.1, 0.15) is 77.9 Å². The zero-order valence-electron chi connectivity index (χ0n) is 41.6. The van der Waals surface area contributed by atoms with Crippen LogP contribution >= 0.6 is 0 Å². The molecule has 76 heavy (non-hydrogen) atoms. The van der Waals surface area contributed by atoms with E-state index in [2.05, 4.69) is 205 Å². The van der Waals surface area contributed by atoms with Gasteiger partial charge in [0.25, 0.3) is 0 Å². The summed E-state index contributed by atoms with van der Waals surface area (Å²) in [4.78, 5) is 0. The van der Waals surface area contributed by atoms with Gasteiger partial charge in [0.05, 0.1) is 0 Å². The second-order valence-corrected chi connectivity index (χ2v) is 18.7. The first-order chi connectivity index (χ1) is 37.5. The van der Waals surface area contributed by atoms with Crippen molar-refractivity contribution in [2.24, 2.45) is 0 Å². The molecule has 2 heteroatoms. The lowest BCUT2D eigenvalue weighted by molar-refractivity contribution is 0.0330. The van der Waals surface area contributed by atoms with Crippen molar-refractivity contribution in [2.45, 2.75) is 11.2 Å². The first-order valence-electron chi connectivity index (χ1n) is 25.2. The molecule has 19 rings (SSSR count). The Hall–Kier alpha value is -10.3. The molecule has 10 bridgehead atoms. The SMILES string of the molecule is COC12C#Cc3ccc(cc3)C#Cc3c4ccccc4c(c4ccccc34)C#Cc3ccccc3C#Cc3c4ccccc4c(c4ccccc34)C#Cc3ccc(cc3)C#CC(OC)(c3ccccc31)c1ccccc12. The van der Waals surface area contributed by atoms with Crippen molar-refractivity contribution in [2.75, 3.05) is 14.2 Å². The van der Waals surface area contributed by atoms with Crippen LogP contribution in [0.3, 0.4) is 0 Å². The first-order valence-corrected chi connectivity index (χ1v) is 25.2. The van der Waals surface area contributed by atoms with Crippen LogP contribution in [-0.2, 0) is 20.7 Å². The van der Waals surface area contributed by atoms with Crippen LogP contribution in [0, 0.1) is 71.0 Å². The molecule has 11 aromatic carbocycles. The van der Waals surface area contributed by atoms with Crippen molar-refractivity contribution in [3.8, 4) is 71.0 Å². The molecule has 0 radical (unpaired) electrons. The number of hydrogen-bond acceptors (Lipinski definition) is 2. The van der Waals surface area contributed by atoms with Crippen molar-refractivity contribution in [3.05, 3.63) is 296 Å². The third-order valence-corrected chi connectivity index (χ3v) is 14.6. The summed E-state index contributed by atoms with van der Waals surface area (Å²) in [5.41, 5.74) is 10.1. The van der Waals surface area contributed by atoms with E-state index >= 15 is 0 Å². The van der Waals surface area contributed by atoms with Gasteiger partial charge >= 0.3 is 0 Å². The lowest BCUT2D eigenvalue weighted by Crippen LogP contribution is -2.43. The summed E-state index contributed by atoms with van der Waals surface area (Å²) in [5, 5.41) is 8.30. The summed E-state index contributed by atoms with van der Waals surface area (Å²) in [6.07, 6.45) is 0. The van der Waals surface area contributed by atoms with Crippen LogP contribution in [0.2, 0.25) is 0 Å². The molecule has 0 unspecified atom stereocenters. The Balaban J connectivity index is 1.03. The molecular weight excluding hydrogens is 921 g/mol. The molecule has 0 N–H and O–H groups in total. The molecule has 0 saturated heterocycles. The summed E-state index contributed by atoms with van der Waals surface area (Å²) in [5.74, 6) is 42.8. The molecule has 2 nitrogen and oxygen atoms in total. The van der Waals surface area contributed by atoms with Crippen molar-refractivity contribution < 1.29 is 9.47 Å². The maximum Gasteiger partial charge on any atom is 0.180 e. The minimum atomic E-state index is -1.13. The van der Waals surface area contributed by atoms with Crippen LogP contribution < -0.4 is 0 Å². The monoisotopic (exact) mass is 962 g/mol. The Kier molecular flexibility index (Phi) is 11.4. The van der Waals surface area contributed by atoms with E-state index in [0.29, 0.717) is 0 Å². The summed E-state index contributed by atoms with van der Waals surface area (Å²) in [6, 6.07) is 74.3. The highest BCUT2D eigenvalue weighted by Crippen LogP contribution is 2.50. The number of ether oxygens (including phenoxy) is 2. The largest absolute Gasteiger partial charge is 0.357 e. The minimum absolute atomic E-state index is 0.830. The fourth-order valence-corrected chi connectivity index (χ4v) is 10.9. The maximum absolute atomic E-state index is 6.58. The third-order valence-electron chi connectivity index (χ3n) is 14.6. The van der Waals surface area contributed by atoms with E-state index in [4.69, 9.17) is 9.47 Å². The van der Waals surface area contributed by atoms with Crippen LogP contribution in [0.25, 0.3) is 43.1 Å². The van der Waals surface area contributed by atoms with E-state index in [-0.39, 0.29) is 0 Å². The van der Waals surface area contributed by atoms with Gasteiger partial charge in [-0.05, 0) is 104 Å². The lowest BCUT2D eigenvalue weighted by Gasteiger charge is -2.43. The molecule has 0 aromatic heterocycles. The molecule has 0 aliphatic heterocycles. The van der Waals surface area contributed by atoms with E-state index in [0.717, 1.165) is 121 Å². The van der Waals surface area contributed by atoms with E-state index in [1.807, 2.05) is 84.9 Å². The number of hydrogen-bond donors (Lipinski definition) is 0. The van der Waals surface area contributed by atoms with Crippen molar-refractivity contribution in [1.82, 2.24) is 0 Å². The number of rotatable bonds is 2. The molecule has 0 fully saturated rings. The van der Waals surface area contributed by atoms with E-state index in [1.165, 1.54) is 0 Å². The van der Waals surface area contributed by atoms with E-state index < -0.39 is 11.2 Å². The lowest BCUT2D eigenvalue weighted by atomic mass is 9.67. The van der Waals surface area contributed by atoms with Gasteiger partial charge in [0.2, 0.25) is 0 Å². The molecule has 0 spiro atoms. The van der Waals surface area contributed by atoms with Gasteiger partial charge in [0, 0.05) is 92.1 Å². The van der Waals surface area contributed by atoms with Crippen LogP contribution in [0.5, 0.6) is 0 Å². The summed E-state index contributed by atoms with van der Waals surface area (Å²) >= 11 is 0. The van der Waals surface area contributed by atoms with E-state index in [1.54, 1.807) is 14.2 Å². The van der Waals surface area contributed by atoms with Crippen molar-refractivity contribution in [1.29, 1.82) is 0 Å². The second kappa shape index (κ2) is 19.0. The van der Waals surface area contributed by atoms with Gasteiger partial charge in [-0.15, -0.1) is 0 Å². The molecule has 11 aromatic rings. The topological polar surface area (TPSA) is 18.5 Å². The van der Waals surface area contributed by atoms with Gasteiger partial charge in [0.15, 0.2) is 11.2 Å². The molecule has 0 heterocycles. The highest BCUT2D eigenvalue weighted by molar-refractivity contribution is 6.11. The third kappa shape index (κ3) is 7.68. The van der Waals surface area contributed by atoms with Gasteiger partial charge in [-0.3, -0.25) is 0 Å². The van der Waals surface area contributed by atoms with Crippen molar-refractivity contribution >= 4 is 43.1 Å². The average Bonchev–Trinajstić information content (AvgIpc) is 3.63. The predicted octanol–water partition coefficient (Wildman–Crippen LogP) is 14.4.